The summed E-state index contributed by atoms with van der Waals surface area (Å²) >= 11 is 5.85. The number of halogens is 4. The maximum Gasteiger partial charge on any atom is 0.425 e. The lowest BCUT2D eigenvalue weighted by atomic mass is 10.2. The number of rotatable bonds is 8. The van der Waals surface area contributed by atoms with Crippen LogP contribution >= 0.6 is 11.6 Å². The number of hydrogen-bond donors (Lipinski definition) is 1. The minimum atomic E-state index is -4.88. The highest BCUT2D eigenvalue weighted by Crippen LogP contribution is 2.32. The van der Waals surface area contributed by atoms with Crippen molar-refractivity contribution in [2.24, 2.45) is 0 Å². The van der Waals surface area contributed by atoms with E-state index >= 15 is 0 Å². The van der Waals surface area contributed by atoms with Crippen LogP contribution in [-0.4, -0.2) is 71.5 Å². The molecule has 1 aliphatic rings. The average molecular weight is 490 g/mol. The second-order valence-corrected chi connectivity index (χ2v) is 7.82. The summed E-state index contributed by atoms with van der Waals surface area (Å²) in [6, 6.07) is 3.59. The van der Waals surface area contributed by atoms with E-state index in [0.717, 1.165) is 12.0 Å². The van der Waals surface area contributed by atoms with Crippen molar-refractivity contribution in [3.8, 4) is 5.75 Å². The number of piperazine rings is 1. The number of ether oxygens (including phenoxy) is 2. The zero-order valence-electron chi connectivity index (χ0n) is 17.8. The zero-order valence-corrected chi connectivity index (χ0v) is 18.5. The Kier molecular flexibility index (Phi) is 8.14. The molecule has 1 amide bonds. The highest BCUT2D eigenvalue weighted by molar-refractivity contribution is 6.30. The molecule has 0 bridgehead atoms. The molecule has 0 aliphatic carbocycles. The number of aromatic amines is 1. The van der Waals surface area contributed by atoms with Gasteiger partial charge in [-0.3, -0.25) is 9.59 Å². The molecular weight excluding hydrogens is 467 g/mol. The summed E-state index contributed by atoms with van der Waals surface area (Å²) in [6.45, 7) is 3.79. The molecule has 33 heavy (non-hydrogen) atoms. The summed E-state index contributed by atoms with van der Waals surface area (Å²) in [5.74, 6) is 0.0451. The molecule has 0 radical (unpaired) electrons. The molecule has 2 aromatic heterocycles. The first-order chi connectivity index (χ1) is 15.6. The molecule has 0 aromatic carbocycles. The Morgan fingerprint density at radius 2 is 1.97 bits per heavy atom. The first-order valence-corrected chi connectivity index (χ1v) is 10.6. The van der Waals surface area contributed by atoms with Crippen LogP contribution in [-0.2, 0) is 15.7 Å². The fourth-order valence-corrected chi connectivity index (χ4v) is 3.37. The lowest BCUT2D eigenvalue weighted by molar-refractivity contribution is -0.140. The molecule has 0 spiro atoms. The van der Waals surface area contributed by atoms with Crippen molar-refractivity contribution >= 4 is 23.3 Å². The third-order valence-electron chi connectivity index (χ3n) is 4.96. The van der Waals surface area contributed by atoms with E-state index in [-0.39, 0.29) is 25.5 Å². The number of nitrogens with one attached hydrogen (secondary N) is 1. The van der Waals surface area contributed by atoms with Crippen molar-refractivity contribution in [2.45, 2.75) is 25.6 Å². The average Bonchev–Trinajstić information content (AvgIpc) is 2.77. The van der Waals surface area contributed by atoms with Gasteiger partial charge in [-0.1, -0.05) is 11.6 Å². The fourth-order valence-electron chi connectivity index (χ4n) is 3.26. The van der Waals surface area contributed by atoms with Crippen molar-refractivity contribution < 1.29 is 27.4 Å². The molecule has 1 N–H and O–H groups in total. The number of anilines is 1. The molecule has 1 fully saturated rings. The molecule has 1 atom stereocenters. The Labute approximate surface area is 192 Å². The van der Waals surface area contributed by atoms with Crippen LogP contribution in [0.5, 0.6) is 5.75 Å². The summed E-state index contributed by atoms with van der Waals surface area (Å²) in [5, 5.41) is 5.63. The van der Waals surface area contributed by atoms with E-state index in [0.29, 0.717) is 31.2 Å². The van der Waals surface area contributed by atoms with Gasteiger partial charge in [0, 0.05) is 32.4 Å². The molecule has 180 valence electrons. The van der Waals surface area contributed by atoms with Crippen LogP contribution in [0.25, 0.3) is 0 Å². The van der Waals surface area contributed by atoms with Crippen molar-refractivity contribution in [3.63, 3.8) is 0 Å². The predicted octanol–water partition coefficient (Wildman–Crippen LogP) is 2.36. The molecule has 3 heterocycles. The third kappa shape index (κ3) is 6.81. The third-order valence-corrected chi connectivity index (χ3v) is 5.19. The maximum atomic E-state index is 13.0. The number of carbonyl (C=O) groups excluding carboxylic acids is 1. The molecular formula is C20H23ClF3N5O4. The zero-order chi connectivity index (χ0) is 24.0. The Balaban J connectivity index is 1.39. The molecule has 0 unspecified atom stereocenters. The number of carbonyl (C=O) groups is 1. The highest BCUT2D eigenvalue weighted by atomic mass is 35.5. The number of hydrogen-bond acceptors (Lipinski definition) is 7. The number of nitrogens with zero attached hydrogens (tertiary/aromatic N) is 4. The maximum absolute atomic E-state index is 13.0. The summed E-state index contributed by atoms with van der Waals surface area (Å²) < 4.78 is 49.7. The van der Waals surface area contributed by atoms with Crippen LogP contribution in [0.4, 0.5) is 19.0 Å². The van der Waals surface area contributed by atoms with Crippen LogP contribution in [0.2, 0.25) is 5.02 Å². The van der Waals surface area contributed by atoms with Crippen LogP contribution in [0.1, 0.15) is 18.9 Å². The summed E-state index contributed by atoms with van der Waals surface area (Å²) in [7, 11) is 0. The second kappa shape index (κ2) is 10.8. The van der Waals surface area contributed by atoms with E-state index < -0.39 is 29.2 Å². The number of H-pyrrole nitrogens is 1. The Morgan fingerprint density at radius 1 is 1.24 bits per heavy atom. The second-order valence-electron chi connectivity index (χ2n) is 7.38. The topological polar surface area (TPSA) is 101 Å². The van der Waals surface area contributed by atoms with E-state index in [2.05, 4.69) is 15.0 Å². The number of pyridine rings is 1. The number of aromatic nitrogens is 3. The normalized spacial score (nSPS) is 15.4. The van der Waals surface area contributed by atoms with Crippen molar-refractivity contribution in [3.05, 3.63) is 45.5 Å². The van der Waals surface area contributed by atoms with Gasteiger partial charge in [-0.25, -0.2) is 10.1 Å². The summed E-state index contributed by atoms with van der Waals surface area (Å²) in [4.78, 5) is 31.9. The minimum Gasteiger partial charge on any atom is -0.488 e. The number of amides is 1. The van der Waals surface area contributed by atoms with Crippen LogP contribution < -0.4 is 15.2 Å². The number of alkyl halides is 3. The Hall–Kier alpha value is -2.86. The monoisotopic (exact) mass is 489 g/mol. The van der Waals surface area contributed by atoms with E-state index in [1.54, 1.807) is 29.2 Å². The van der Waals surface area contributed by atoms with Gasteiger partial charge in [0.15, 0.2) is 11.3 Å². The summed E-state index contributed by atoms with van der Waals surface area (Å²) in [6.07, 6.45) is -2.99. The molecule has 13 heteroatoms. The van der Waals surface area contributed by atoms with Gasteiger partial charge in [0.2, 0.25) is 5.91 Å². The van der Waals surface area contributed by atoms with E-state index in [4.69, 9.17) is 21.1 Å². The van der Waals surface area contributed by atoms with Gasteiger partial charge in [-0.2, -0.15) is 18.3 Å². The lowest BCUT2D eigenvalue weighted by Crippen LogP contribution is -2.49. The standard InChI is InChI=1S/C20H23ClF3N5O4/c1-13(12-33-15-11-26-27-19(31)18(15)20(22,23)24)32-9-4-17(30)29-7-5-28(6-8-29)16-3-2-14(21)10-25-16/h2-3,10-11,13H,4-9,12H2,1H3,(H,27,31)/t13-/m1/s1. The van der Waals surface area contributed by atoms with Gasteiger partial charge < -0.3 is 19.3 Å². The van der Waals surface area contributed by atoms with Gasteiger partial charge in [0.1, 0.15) is 12.4 Å². The molecule has 3 rings (SSSR count). The first kappa shape index (κ1) is 24.8. The Bertz CT molecular complexity index is 994. The highest BCUT2D eigenvalue weighted by Gasteiger charge is 2.38. The molecule has 2 aromatic rings. The predicted molar refractivity (Wildman–Crippen MR) is 113 cm³/mol. The molecule has 1 aliphatic heterocycles. The van der Waals surface area contributed by atoms with Crippen LogP contribution in [0, 0.1) is 0 Å². The quantitative estimate of drug-likeness (QED) is 0.607. The van der Waals surface area contributed by atoms with Crippen molar-refractivity contribution in [1.29, 1.82) is 0 Å². The fraction of sp³-hybridized carbons (Fsp3) is 0.500. The van der Waals surface area contributed by atoms with Gasteiger partial charge in [-0.05, 0) is 19.1 Å². The van der Waals surface area contributed by atoms with Gasteiger partial charge in [-0.15, -0.1) is 0 Å². The first-order valence-electron chi connectivity index (χ1n) is 10.2. The lowest BCUT2D eigenvalue weighted by Gasteiger charge is -2.35. The van der Waals surface area contributed by atoms with Crippen molar-refractivity contribution in [2.75, 3.05) is 44.3 Å². The van der Waals surface area contributed by atoms with Crippen molar-refractivity contribution in [1.82, 2.24) is 20.1 Å². The van der Waals surface area contributed by atoms with E-state index in [9.17, 15) is 22.8 Å². The van der Waals surface area contributed by atoms with Gasteiger partial charge in [0.05, 0.1) is 30.4 Å². The largest absolute Gasteiger partial charge is 0.488 e. The van der Waals surface area contributed by atoms with Gasteiger partial charge in [0.25, 0.3) is 5.56 Å². The molecule has 1 saturated heterocycles. The smallest absolute Gasteiger partial charge is 0.425 e. The van der Waals surface area contributed by atoms with E-state index in [1.165, 1.54) is 0 Å². The van der Waals surface area contributed by atoms with Crippen LogP contribution in [0.3, 0.4) is 0 Å². The van der Waals surface area contributed by atoms with Crippen LogP contribution in [0.15, 0.2) is 29.3 Å². The van der Waals surface area contributed by atoms with Gasteiger partial charge >= 0.3 is 6.18 Å². The minimum absolute atomic E-state index is 0.0787. The molecule has 0 saturated carbocycles. The van der Waals surface area contributed by atoms with E-state index in [1.807, 2.05) is 6.07 Å². The SMILES string of the molecule is C[C@H](COc1cn[nH]c(=O)c1C(F)(F)F)OCCC(=O)N1CCN(c2ccc(Cl)cn2)CC1. The summed E-state index contributed by atoms with van der Waals surface area (Å²) in [5.41, 5.74) is -2.83. The molecule has 9 nitrogen and oxygen atoms in total. The Morgan fingerprint density at radius 3 is 2.61 bits per heavy atom.